The standard InChI is InChI=1S/C9H13P/c1-7-5-3-4-6-9(7)8(2)10/h3-6,8H,10H2,1-2H3. The van der Waals surface area contributed by atoms with Crippen molar-refractivity contribution in [1.29, 1.82) is 0 Å². The quantitative estimate of drug-likeness (QED) is 0.543. The Hall–Kier alpha value is -0.350. The van der Waals surface area contributed by atoms with Crippen LogP contribution in [0, 0.1) is 6.92 Å². The maximum atomic E-state index is 2.81. The number of hydrogen-bond donors (Lipinski definition) is 0. The van der Waals surface area contributed by atoms with Crippen LogP contribution >= 0.6 is 9.24 Å². The van der Waals surface area contributed by atoms with Crippen molar-refractivity contribution in [2.45, 2.75) is 19.5 Å². The fourth-order valence-corrected chi connectivity index (χ4v) is 1.47. The van der Waals surface area contributed by atoms with Gasteiger partial charge in [-0.05, 0) is 23.7 Å². The minimum atomic E-state index is 0.571. The molecule has 0 aliphatic carbocycles. The molecule has 1 aromatic carbocycles. The molecule has 0 saturated heterocycles. The second-order valence-electron chi connectivity index (χ2n) is 2.65. The summed E-state index contributed by atoms with van der Waals surface area (Å²) in [5, 5.41) is 0. The highest BCUT2D eigenvalue weighted by Crippen LogP contribution is 2.24. The predicted molar refractivity (Wildman–Crippen MR) is 49.3 cm³/mol. The van der Waals surface area contributed by atoms with Crippen LogP contribution in [0.25, 0.3) is 0 Å². The van der Waals surface area contributed by atoms with Crippen LogP contribution in [0.2, 0.25) is 0 Å². The van der Waals surface area contributed by atoms with Crippen LogP contribution in [0.5, 0.6) is 0 Å². The lowest BCUT2D eigenvalue weighted by molar-refractivity contribution is 1.08. The normalized spacial score (nSPS) is 13.1. The molecule has 0 heterocycles. The third-order valence-corrected chi connectivity index (χ3v) is 2.04. The van der Waals surface area contributed by atoms with E-state index in [1.165, 1.54) is 11.1 Å². The Labute approximate surface area is 64.9 Å². The molecule has 54 valence electrons. The molecule has 1 aromatic rings. The highest BCUT2D eigenvalue weighted by atomic mass is 31.0. The van der Waals surface area contributed by atoms with Gasteiger partial charge in [0.05, 0.1) is 0 Å². The summed E-state index contributed by atoms with van der Waals surface area (Å²) in [6, 6.07) is 8.48. The van der Waals surface area contributed by atoms with Gasteiger partial charge in [0.15, 0.2) is 0 Å². The molecule has 0 spiro atoms. The first-order chi connectivity index (χ1) is 4.72. The van der Waals surface area contributed by atoms with Crippen LogP contribution in [0.1, 0.15) is 23.7 Å². The zero-order valence-corrected chi connectivity index (χ0v) is 7.62. The molecular weight excluding hydrogens is 139 g/mol. The summed E-state index contributed by atoms with van der Waals surface area (Å²) in [7, 11) is 2.81. The first-order valence-corrected chi connectivity index (χ1v) is 4.19. The van der Waals surface area contributed by atoms with Crippen LogP contribution in [0.4, 0.5) is 0 Å². The maximum absolute atomic E-state index is 2.81. The van der Waals surface area contributed by atoms with Crippen molar-refractivity contribution >= 4 is 9.24 Å². The Morgan fingerprint density at radius 1 is 1.30 bits per heavy atom. The van der Waals surface area contributed by atoms with E-state index in [0.717, 1.165) is 0 Å². The molecule has 0 aliphatic heterocycles. The van der Waals surface area contributed by atoms with Crippen molar-refractivity contribution in [3.63, 3.8) is 0 Å². The van der Waals surface area contributed by atoms with E-state index in [1.807, 2.05) is 0 Å². The summed E-state index contributed by atoms with van der Waals surface area (Å²) in [5.41, 5.74) is 3.37. The van der Waals surface area contributed by atoms with Gasteiger partial charge < -0.3 is 0 Å². The number of aryl methyl sites for hydroxylation is 1. The van der Waals surface area contributed by atoms with Crippen molar-refractivity contribution < 1.29 is 0 Å². The van der Waals surface area contributed by atoms with E-state index < -0.39 is 0 Å². The zero-order valence-electron chi connectivity index (χ0n) is 6.46. The molecule has 0 amide bonds. The first kappa shape index (κ1) is 7.75. The summed E-state index contributed by atoms with van der Waals surface area (Å²) < 4.78 is 0. The fraction of sp³-hybridized carbons (Fsp3) is 0.333. The Kier molecular flexibility index (Phi) is 2.45. The van der Waals surface area contributed by atoms with E-state index in [9.17, 15) is 0 Å². The zero-order chi connectivity index (χ0) is 7.56. The van der Waals surface area contributed by atoms with E-state index in [4.69, 9.17) is 0 Å². The Morgan fingerprint density at radius 2 is 1.90 bits per heavy atom. The first-order valence-electron chi connectivity index (χ1n) is 3.53. The fourth-order valence-electron chi connectivity index (χ4n) is 1.10. The molecule has 0 bridgehead atoms. The van der Waals surface area contributed by atoms with Gasteiger partial charge in [-0.25, -0.2) is 0 Å². The average molecular weight is 152 g/mol. The molecule has 1 heteroatoms. The smallest absolute Gasteiger partial charge is 0.00402 e. The third kappa shape index (κ3) is 1.58. The van der Waals surface area contributed by atoms with Gasteiger partial charge in [-0.15, -0.1) is 9.24 Å². The van der Waals surface area contributed by atoms with Crippen molar-refractivity contribution in [1.82, 2.24) is 0 Å². The van der Waals surface area contributed by atoms with Crippen LogP contribution < -0.4 is 0 Å². The highest BCUT2D eigenvalue weighted by Gasteiger charge is 1.99. The van der Waals surface area contributed by atoms with E-state index in [1.54, 1.807) is 0 Å². The third-order valence-electron chi connectivity index (χ3n) is 1.68. The van der Waals surface area contributed by atoms with E-state index in [2.05, 4.69) is 47.4 Å². The number of hydrogen-bond acceptors (Lipinski definition) is 0. The molecule has 0 N–H and O–H groups in total. The number of benzene rings is 1. The average Bonchev–Trinajstić information content (AvgIpc) is 1.88. The van der Waals surface area contributed by atoms with Crippen LogP contribution in [0.15, 0.2) is 24.3 Å². The molecular formula is C9H13P. The number of rotatable bonds is 1. The summed E-state index contributed by atoms with van der Waals surface area (Å²) in [4.78, 5) is 0. The lowest BCUT2D eigenvalue weighted by Crippen LogP contribution is -1.86. The Morgan fingerprint density at radius 3 is 2.30 bits per heavy atom. The van der Waals surface area contributed by atoms with E-state index >= 15 is 0 Å². The van der Waals surface area contributed by atoms with Gasteiger partial charge in [-0.3, -0.25) is 0 Å². The molecule has 2 atom stereocenters. The van der Waals surface area contributed by atoms with E-state index in [-0.39, 0.29) is 0 Å². The van der Waals surface area contributed by atoms with Crippen molar-refractivity contribution in [3.8, 4) is 0 Å². The van der Waals surface area contributed by atoms with E-state index in [0.29, 0.717) is 5.66 Å². The van der Waals surface area contributed by atoms with Crippen LogP contribution in [-0.2, 0) is 0 Å². The minimum Gasteiger partial charge on any atom is -0.130 e. The predicted octanol–water partition coefficient (Wildman–Crippen LogP) is 2.93. The van der Waals surface area contributed by atoms with Gasteiger partial charge in [0, 0.05) is 0 Å². The Bertz CT molecular complexity index is 216. The molecule has 0 aromatic heterocycles. The second kappa shape index (κ2) is 3.16. The van der Waals surface area contributed by atoms with Crippen molar-refractivity contribution in [2.24, 2.45) is 0 Å². The Balaban J connectivity index is 3.03. The molecule has 0 aliphatic rings. The summed E-state index contributed by atoms with van der Waals surface area (Å²) in [6.45, 7) is 4.34. The van der Waals surface area contributed by atoms with Crippen molar-refractivity contribution in [3.05, 3.63) is 35.4 Å². The van der Waals surface area contributed by atoms with Gasteiger partial charge in [0.25, 0.3) is 0 Å². The molecule has 0 saturated carbocycles. The van der Waals surface area contributed by atoms with Crippen molar-refractivity contribution in [2.75, 3.05) is 0 Å². The monoisotopic (exact) mass is 152 g/mol. The lowest BCUT2D eigenvalue weighted by Gasteiger charge is -2.07. The van der Waals surface area contributed by atoms with Gasteiger partial charge in [-0.2, -0.15) is 0 Å². The van der Waals surface area contributed by atoms with Gasteiger partial charge in [-0.1, -0.05) is 31.2 Å². The van der Waals surface area contributed by atoms with Crippen LogP contribution in [-0.4, -0.2) is 0 Å². The largest absolute Gasteiger partial charge is 0.130 e. The summed E-state index contributed by atoms with van der Waals surface area (Å²) >= 11 is 0. The molecule has 10 heavy (non-hydrogen) atoms. The molecule has 0 fully saturated rings. The molecule has 1 rings (SSSR count). The molecule has 2 unspecified atom stereocenters. The SMILES string of the molecule is Cc1ccccc1C(C)P. The van der Waals surface area contributed by atoms with Gasteiger partial charge in [0.1, 0.15) is 0 Å². The maximum Gasteiger partial charge on any atom is -0.00402 e. The topological polar surface area (TPSA) is 0 Å². The van der Waals surface area contributed by atoms with Gasteiger partial charge >= 0.3 is 0 Å². The lowest BCUT2D eigenvalue weighted by atomic mass is 10.1. The molecule has 0 nitrogen and oxygen atoms in total. The highest BCUT2D eigenvalue weighted by molar-refractivity contribution is 7.17. The second-order valence-corrected chi connectivity index (χ2v) is 3.65. The summed E-state index contributed by atoms with van der Waals surface area (Å²) in [5.74, 6) is 0. The minimum absolute atomic E-state index is 0.571. The van der Waals surface area contributed by atoms with Gasteiger partial charge in [0.2, 0.25) is 0 Å². The van der Waals surface area contributed by atoms with Crippen LogP contribution in [0.3, 0.4) is 0 Å². The summed E-state index contributed by atoms with van der Waals surface area (Å²) in [6.07, 6.45) is 0. The molecule has 0 radical (unpaired) electrons.